The number of aryl methyl sites for hydroxylation is 1. The van der Waals surface area contributed by atoms with E-state index in [9.17, 15) is 4.39 Å². The first kappa shape index (κ1) is 12.1. The summed E-state index contributed by atoms with van der Waals surface area (Å²) >= 11 is 1.25. The summed E-state index contributed by atoms with van der Waals surface area (Å²) in [5, 5.41) is 8.59. The van der Waals surface area contributed by atoms with Crippen LogP contribution < -0.4 is 5.73 Å². The summed E-state index contributed by atoms with van der Waals surface area (Å²) in [4.78, 5) is 0.519. The second-order valence-corrected chi connectivity index (χ2v) is 4.60. The standard InChI is InChI=1S/C11H13FN4S/c1-7-14-15-11(16(7)2)17-10-8(6-13)4-3-5-9(10)12/h3-5H,6,13H2,1-2H3. The molecule has 0 spiro atoms. The Bertz CT molecular complexity index is 538. The van der Waals surface area contributed by atoms with Crippen LogP contribution in [0.1, 0.15) is 11.4 Å². The number of hydrogen-bond donors (Lipinski definition) is 1. The molecule has 0 amide bonds. The number of nitrogens with zero attached hydrogens (tertiary/aromatic N) is 3. The molecule has 0 atom stereocenters. The van der Waals surface area contributed by atoms with Crippen molar-refractivity contribution in [3.05, 3.63) is 35.4 Å². The number of benzene rings is 1. The SMILES string of the molecule is Cc1nnc(Sc2c(F)cccc2CN)n1C. The molecule has 4 nitrogen and oxygen atoms in total. The van der Waals surface area contributed by atoms with Crippen molar-refractivity contribution in [1.82, 2.24) is 14.8 Å². The Morgan fingerprint density at radius 2 is 2.18 bits per heavy atom. The van der Waals surface area contributed by atoms with Crippen molar-refractivity contribution in [2.75, 3.05) is 0 Å². The largest absolute Gasteiger partial charge is 0.326 e. The van der Waals surface area contributed by atoms with Crippen LogP contribution in [0.4, 0.5) is 4.39 Å². The van der Waals surface area contributed by atoms with Crippen molar-refractivity contribution in [2.45, 2.75) is 23.5 Å². The third-order valence-electron chi connectivity index (χ3n) is 2.51. The number of hydrogen-bond acceptors (Lipinski definition) is 4. The van der Waals surface area contributed by atoms with E-state index < -0.39 is 0 Å². The molecule has 0 fully saturated rings. The Hall–Kier alpha value is -1.40. The first-order valence-corrected chi connectivity index (χ1v) is 5.96. The first-order chi connectivity index (χ1) is 8.13. The Balaban J connectivity index is 2.39. The lowest BCUT2D eigenvalue weighted by atomic mass is 10.2. The molecule has 0 aliphatic rings. The fraction of sp³-hybridized carbons (Fsp3) is 0.273. The average molecular weight is 252 g/mol. The van der Waals surface area contributed by atoms with Crippen LogP contribution in [0.3, 0.4) is 0 Å². The maximum absolute atomic E-state index is 13.7. The topological polar surface area (TPSA) is 56.7 Å². The van der Waals surface area contributed by atoms with Gasteiger partial charge < -0.3 is 10.3 Å². The molecule has 2 aromatic rings. The Labute approximate surface area is 103 Å². The van der Waals surface area contributed by atoms with Crippen LogP contribution in [-0.4, -0.2) is 14.8 Å². The van der Waals surface area contributed by atoms with Gasteiger partial charge in [0.1, 0.15) is 11.6 Å². The molecule has 0 aliphatic carbocycles. The lowest BCUT2D eigenvalue weighted by Gasteiger charge is -2.07. The summed E-state index contributed by atoms with van der Waals surface area (Å²) in [6, 6.07) is 4.89. The Kier molecular flexibility index (Phi) is 3.44. The highest BCUT2D eigenvalue weighted by Gasteiger charge is 2.13. The van der Waals surface area contributed by atoms with Crippen LogP contribution in [0.15, 0.2) is 28.3 Å². The number of rotatable bonds is 3. The fourth-order valence-electron chi connectivity index (χ4n) is 1.40. The van der Waals surface area contributed by atoms with Gasteiger partial charge in [0.15, 0.2) is 5.16 Å². The van der Waals surface area contributed by atoms with Crippen molar-refractivity contribution in [3.63, 3.8) is 0 Å². The summed E-state index contributed by atoms with van der Waals surface area (Å²) in [7, 11) is 1.85. The van der Waals surface area contributed by atoms with E-state index in [0.29, 0.717) is 16.6 Å². The lowest BCUT2D eigenvalue weighted by Crippen LogP contribution is -2.01. The third kappa shape index (κ3) is 2.32. The van der Waals surface area contributed by atoms with Gasteiger partial charge in [0.2, 0.25) is 0 Å². The highest BCUT2D eigenvalue weighted by Crippen LogP contribution is 2.31. The van der Waals surface area contributed by atoms with E-state index in [-0.39, 0.29) is 5.82 Å². The Morgan fingerprint density at radius 1 is 1.41 bits per heavy atom. The van der Waals surface area contributed by atoms with Gasteiger partial charge in [-0.05, 0) is 30.3 Å². The molecule has 0 saturated carbocycles. The van der Waals surface area contributed by atoms with Crippen molar-refractivity contribution in [3.8, 4) is 0 Å². The number of nitrogens with two attached hydrogens (primary N) is 1. The molecular weight excluding hydrogens is 239 g/mol. The van der Waals surface area contributed by atoms with E-state index >= 15 is 0 Å². The van der Waals surface area contributed by atoms with Gasteiger partial charge in [0.05, 0.1) is 4.90 Å². The van der Waals surface area contributed by atoms with Gasteiger partial charge in [-0.3, -0.25) is 0 Å². The van der Waals surface area contributed by atoms with Gasteiger partial charge in [-0.15, -0.1) is 10.2 Å². The molecular formula is C11H13FN4S. The molecule has 1 aromatic carbocycles. The number of halogens is 1. The minimum absolute atomic E-state index is 0.279. The summed E-state index contributed by atoms with van der Waals surface area (Å²) in [5.74, 6) is 0.511. The van der Waals surface area contributed by atoms with Crippen molar-refractivity contribution in [1.29, 1.82) is 0 Å². The van der Waals surface area contributed by atoms with Gasteiger partial charge >= 0.3 is 0 Å². The van der Waals surface area contributed by atoms with E-state index in [1.807, 2.05) is 24.6 Å². The average Bonchev–Trinajstić information content (AvgIpc) is 2.63. The second kappa shape index (κ2) is 4.85. The summed E-state index contributed by atoms with van der Waals surface area (Å²) in [5.41, 5.74) is 6.37. The van der Waals surface area contributed by atoms with Crippen molar-refractivity contribution < 1.29 is 4.39 Å². The van der Waals surface area contributed by atoms with Crippen LogP contribution in [0, 0.1) is 12.7 Å². The summed E-state index contributed by atoms with van der Waals surface area (Å²) in [6.45, 7) is 2.15. The molecule has 1 heterocycles. The highest BCUT2D eigenvalue weighted by molar-refractivity contribution is 7.99. The predicted molar refractivity (Wildman–Crippen MR) is 64.2 cm³/mol. The summed E-state index contributed by atoms with van der Waals surface area (Å²) in [6.07, 6.45) is 0. The first-order valence-electron chi connectivity index (χ1n) is 5.14. The van der Waals surface area contributed by atoms with Crippen LogP contribution in [0.5, 0.6) is 0 Å². The summed E-state index contributed by atoms with van der Waals surface area (Å²) < 4.78 is 15.5. The van der Waals surface area contributed by atoms with Gasteiger partial charge in [0.25, 0.3) is 0 Å². The van der Waals surface area contributed by atoms with Crippen LogP contribution in [0.25, 0.3) is 0 Å². The molecule has 17 heavy (non-hydrogen) atoms. The van der Waals surface area contributed by atoms with E-state index in [4.69, 9.17) is 5.73 Å². The zero-order valence-electron chi connectivity index (χ0n) is 9.64. The quantitative estimate of drug-likeness (QED) is 0.906. The predicted octanol–water partition coefficient (Wildman–Crippen LogP) is 1.87. The lowest BCUT2D eigenvalue weighted by molar-refractivity contribution is 0.596. The van der Waals surface area contributed by atoms with Gasteiger partial charge in [-0.2, -0.15) is 0 Å². The van der Waals surface area contributed by atoms with Crippen LogP contribution in [-0.2, 0) is 13.6 Å². The fourth-order valence-corrected chi connectivity index (χ4v) is 2.38. The van der Waals surface area contributed by atoms with Crippen molar-refractivity contribution in [2.24, 2.45) is 12.8 Å². The maximum Gasteiger partial charge on any atom is 0.195 e. The van der Waals surface area contributed by atoms with Crippen LogP contribution >= 0.6 is 11.8 Å². The molecule has 0 bridgehead atoms. The zero-order valence-corrected chi connectivity index (χ0v) is 10.5. The zero-order chi connectivity index (χ0) is 12.4. The van der Waals surface area contributed by atoms with Gasteiger partial charge in [0, 0.05) is 13.6 Å². The van der Waals surface area contributed by atoms with E-state index in [1.165, 1.54) is 17.8 Å². The van der Waals surface area contributed by atoms with E-state index in [0.717, 1.165) is 11.4 Å². The smallest absolute Gasteiger partial charge is 0.195 e. The molecule has 0 aliphatic heterocycles. The maximum atomic E-state index is 13.7. The molecule has 0 radical (unpaired) electrons. The van der Waals surface area contributed by atoms with E-state index in [2.05, 4.69) is 10.2 Å². The monoisotopic (exact) mass is 252 g/mol. The molecule has 90 valence electrons. The molecule has 6 heteroatoms. The van der Waals surface area contributed by atoms with Crippen LogP contribution in [0.2, 0.25) is 0 Å². The molecule has 0 unspecified atom stereocenters. The Morgan fingerprint density at radius 3 is 2.76 bits per heavy atom. The number of aromatic nitrogens is 3. The molecule has 0 saturated heterocycles. The molecule has 2 N–H and O–H groups in total. The van der Waals surface area contributed by atoms with Gasteiger partial charge in [-0.1, -0.05) is 12.1 Å². The normalized spacial score (nSPS) is 10.8. The molecule has 2 rings (SSSR count). The van der Waals surface area contributed by atoms with E-state index in [1.54, 1.807) is 6.07 Å². The highest BCUT2D eigenvalue weighted by atomic mass is 32.2. The second-order valence-electron chi connectivity index (χ2n) is 3.62. The van der Waals surface area contributed by atoms with Crippen molar-refractivity contribution >= 4 is 11.8 Å². The minimum atomic E-state index is -0.279. The third-order valence-corrected chi connectivity index (χ3v) is 3.71. The van der Waals surface area contributed by atoms with Gasteiger partial charge in [-0.25, -0.2) is 4.39 Å². The minimum Gasteiger partial charge on any atom is -0.326 e. The molecule has 1 aromatic heterocycles.